The Hall–Kier alpha value is -2.69. The molecular weight excluding hydrogens is 292 g/mol. The Morgan fingerprint density at radius 3 is 2.48 bits per heavy atom. The van der Waals surface area contributed by atoms with Gasteiger partial charge in [-0.3, -0.25) is 14.9 Å². The summed E-state index contributed by atoms with van der Waals surface area (Å²) in [6, 6.07) is 14.4. The summed E-state index contributed by atoms with van der Waals surface area (Å²) < 4.78 is 0. The predicted molar refractivity (Wildman–Crippen MR) is 87.2 cm³/mol. The zero-order valence-corrected chi connectivity index (χ0v) is 12.9. The van der Waals surface area contributed by atoms with Crippen LogP contribution in [-0.4, -0.2) is 10.8 Å². The van der Waals surface area contributed by atoms with Crippen molar-refractivity contribution in [3.63, 3.8) is 0 Å². The molecule has 1 atom stereocenters. The van der Waals surface area contributed by atoms with Gasteiger partial charge in [-0.25, -0.2) is 0 Å². The molecule has 1 N–H and O–H groups in total. The van der Waals surface area contributed by atoms with Crippen LogP contribution in [0.4, 0.5) is 5.69 Å². The van der Waals surface area contributed by atoms with Gasteiger partial charge in [0.25, 0.3) is 11.6 Å². The lowest BCUT2D eigenvalue weighted by Gasteiger charge is -2.19. The summed E-state index contributed by atoms with van der Waals surface area (Å²) in [6.45, 7) is 1.64. The second-order valence-corrected chi connectivity index (χ2v) is 5.96. The fourth-order valence-corrected chi connectivity index (χ4v) is 2.79. The highest BCUT2D eigenvalue weighted by Gasteiger charge is 2.33. The molecule has 1 fully saturated rings. The van der Waals surface area contributed by atoms with Crippen molar-refractivity contribution in [3.8, 4) is 0 Å². The molecule has 2 aromatic rings. The average Bonchev–Trinajstić information content (AvgIpc) is 3.37. The van der Waals surface area contributed by atoms with Crippen molar-refractivity contribution in [2.75, 3.05) is 0 Å². The summed E-state index contributed by atoms with van der Waals surface area (Å²) in [5.74, 6) is 0.282. The Morgan fingerprint density at radius 2 is 1.91 bits per heavy atom. The first-order valence-corrected chi connectivity index (χ1v) is 7.67. The molecule has 1 amide bonds. The van der Waals surface area contributed by atoms with Gasteiger partial charge >= 0.3 is 0 Å². The van der Waals surface area contributed by atoms with Crippen LogP contribution in [0.15, 0.2) is 48.5 Å². The molecule has 0 heterocycles. The van der Waals surface area contributed by atoms with E-state index in [4.69, 9.17) is 0 Å². The number of rotatable bonds is 5. The van der Waals surface area contributed by atoms with E-state index in [1.165, 1.54) is 12.1 Å². The van der Waals surface area contributed by atoms with Gasteiger partial charge in [0.05, 0.1) is 11.0 Å². The summed E-state index contributed by atoms with van der Waals surface area (Å²) in [7, 11) is 0. The normalized spacial score (nSPS) is 15.0. The Bertz CT molecular complexity index is 739. The van der Waals surface area contributed by atoms with E-state index in [1.54, 1.807) is 13.0 Å². The Labute approximate surface area is 134 Å². The molecule has 0 unspecified atom stereocenters. The highest BCUT2D eigenvalue weighted by Crippen LogP contribution is 2.41. The van der Waals surface area contributed by atoms with Gasteiger partial charge in [-0.05, 0) is 43.4 Å². The number of nitrogens with one attached hydrogen (secondary N) is 1. The van der Waals surface area contributed by atoms with Crippen LogP contribution in [0.25, 0.3) is 0 Å². The molecule has 2 aromatic carbocycles. The highest BCUT2D eigenvalue weighted by atomic mass is 16.6. The molecule has 1 aliphatic carbocycles. The van der Waals surface area contributed by atoms with Crippen LogP contribution in [0.1, 0.15) is 40.4 Å². The smallest absolute Gasteiger partial charge is 0.272 e. The molecule has 1 aliphatic rings. The standard InChI is InChI=1S/C18H18N2O3/c1-12-11-15(9-10-16(12)20(22)23)18(21)19-17(14-7-8-14)13-5-3-2-4-6-13/h2-6,9-11,14,17H,7-8H2,1H3,(H,19,21)/t17-/m1/s1. The number of carbonyl (C=O) groups excluding carboxylic acids is 1. The van der Waals surface area contributed by atoms with Crippen LogP contribution in [0.2, 0.25) is 0 Å². The number of hydrogen-bond donors (Lipinski definition) is 1. The van der Waals surface area contributed by atoms with E-state index >= 15 is 0 Å². The van der Waals surface area contributed by atoms with Crippen molar-refractivity contribution in [2.45, 2.75) is 25.8 Å². The molecule has 0 saturated heterocycles. The number of aryl methyl sites for hydroxylation is 1. The van der Waals surface area contributed by atoms with Crippen LogP contribution in [0, 0.1) is 23.0 Å². The first-order valence-electron chi connectivity index (χ1n) is 7.67. The van der Waals surface area contributed by atoms with Gasteiger partial charge in [-0.1, -0.05) is 30.3 Å². The number of hydrogen-bond acceptors (Lipinski definition) is 3. The van der Waals surface area contributed by atoms with Crippen LogP contribution >= 0.6 is 0 Å². The third-order valence-corrected chi connectivity index (χ3v) is 4.19. The molecule has 0 spiro atoms. The maximum Gasteiger partial charge on any atom is 0.272 e. The molecule has 0 aliphatic heterocycles. The third-order valence-electron chi connectivity index (χ3n) is 4.19. The van der Waals surface area contributed by atoms with E-state index in [-0.39, 0.29) is 17.6 Å². The number of carbonyl (C=O) groups is 1. The Balaban J connectivity index is 1.80. The van der Waals surface area contributed by atoms with Crippen LogP contribution in [0.3, 0.4) is 0 Å². The number of nitro groups is 1. The van der Waals surface area contributed by atoms with Crippen molar-refractivity contribution in [1.82, 2.24) is 5.32 Å². The van der Waals surface area contributed by atoms with Gasteiger partial charge in [-0.2, -0.15) is 0 Å². The van der Waals surface area contributed by atoms with Gasteiger partial charge < -0.3 is 5.32 Å². The molecule has 0 radical (unpaired) electrons. The molecule has 118 valence electrons. The zero-order chi connectivity index (χ0) is 16.4. The quantitative estimate of drug-likeness (QED) is 0.674. The molecule has 1 saturated carbocycles. The van der Waals surface area contributed by atoms with Gasteiger partial charge in [0, 0.05) is 17.2 Å². The van der Waals surface area contributed by atoms with Gasteiger partial charge in [0.2, 0.25) is 0 Å². The summed E-state index contributed by atoms with van der Waals surface area (Å²) in [5, 5.41) is 13.9. The SMILES string of the molecule is Cc1cc(C(=O)N[C@H](c2ccccc2)C2CC2)ccc1[N+](=O)[O-]. The van der Waals surface area contributed by atoms with Gasteiger partial charge in [0.1, 0.15) is 0 Å². The summed E-state index contributed by atoms with van der Waals surface area (Å²) in [4.78, 5) is 22.9. The maximum absolute atomic E-state index is 12.5. The number of benzene rings is 2. The lowest BCUT2D eigenvalue weighted by atomic mass is 10.0. The monoisotopic (exact) mass is 310 g/mol. The van der Waals surface area contributed by atoms with Crippen molar-refractivity contribution in [1.29, 1.82) is 0 Å². The van der Waals surface area contributed by atoms with Crippen LogP contribution < -0.4 is 5.32 Å². The Kier molecular flexibility index (Phi) is 4.10. The van der Waals surface area contributed by atoms with E-state index in [9.17, 15) is 14.9 Å². The summed E-state index contributed by atoms with van der Waals surface area (Å²) in [6.07, 6.45) is 2.22. The van der Waals surface area contributed by atoms with E-state index in [1.807, 2.05) is 30.3 Å². The fraction of sp³-hybridized carbons (Fsp3) is 0.278. The van der Waals surface area contributed by atoms with Crippen molar-refractivity contribution in [2.24, 2.45) is 5.92 Å². The minimum atomic E-state index is -0.437. The van der Waals surface area contributed by atoms with E-state index in [2.05, 4.69) is 5.32 Å². The van der Waals surface area contributed by atoms with Gasteiger partial charge in [-0.15, -0.1) is 0 Å². The van der Waals surface area contributed by atoms with Crippen molar-refractivity contribution in [3.05, 3.63) is 75.3 Å². The number of amides is 1. The molecule has 23 heavy (non-hydrogen) atoms. The number of nitro benzene ring substituents is 1. The molecule has 0 bridgehead atoms. The molecule has 5 heteroatoms. The van der Waals surface area contributed by atoms with E-state index < -0.39 is 4.92 Å². The predicted octanol–water partition coefficient (Wildman–Crippen LogP) is 3.78. The first-order chi connectivity index (χ1) is 11.1. The van der Waals surface area contributed by atoms with E-state index in [0.29, 0.717) is 17.0 Å². The summed E-state index contributed by atoms with van der Waals surface area (Å²) >= 11 is 0. The fourth-order valence-electron chi connectivity index (χ4n) is 2.79. The lowest BCUT2D eigenvalue weighted by Crippen LogP contribution is -2.29. The second-order valence-electron chi connectivity index (χ2n) is 5.96. The van der Waals surface area contributed by atoms with Crippen molar-refractivity contribution < 1.29 is 9.72 Å². The minimum absolute atomic E-state index is 0.000743. The molecule has 5 nitrogen and oxygen atoms in total. The molecule has 3 rings (SSSR count). The van der Waals surface area contributed by atoms with Crippen LogP contribution in [0.5, 0.6) is 0 Å². The summed E-state index contributed by atoms with van der Waals surface area (Å²) in [5.41, 5.74) is 2.07. The lowest BCUT2D eigenvalue weighted by molar-refractivity contribution is -0.385. The maximum atomic E-state index is 12.5. The average molecular weight is 310 g/mol. The van der Waals surface area contributed by atoms with Crippen LogP contribution in [-0.2, 0) is 0 Å². The van der Waals surface area contributed by atoms with Gasteiger partial charge in [0.15, 0.2) is 0 Å². The Morgan fingerprint density at radius 1 is 1.22 bits per heavy atom. The second kappa shape index (κ2) is 6.20. The largest absolute Gasteiger partial charge is 0.345 e. The minimum Gasteiger partial charge on any atom is -0.345 e. The van der Waals surface area contributed by atoms with Crippen molar-refractivity contribution >= 4 is 11.6 Å². The first kappa shape index (κ1) is 15.2. The topological polar surface area (TPSA) is 72.2 Å². The third kappa shape index (κ3) is 3.39. The molecular formula is C18H18N2O3. The molecule has 0 aromatic heterocycles. The number of nitrogens with zero attached hydrogens (tertiary/aromatic N) is 1. The zero-order valence-electron chi connectivity index (χ0n) is 12.9. The van der Waals surface area contributed by atoms with E-state index in [0.717, 1.165) is 18.4 Å². The highest BCUT2D eigenvalue weighted by molar-refractivity contribution is 5.95.